The number of hydrogen-bond donors (Lipinski definition) is 0. The van der Waals surface area contributed by atoms with Gasteiger partial charge in [-0.3, -0.25) is 9.69 Å². The fourth-order valence-corrected chi connectivity index (χ4v) is 3.94. The minimum Gasteiger partial charge on any atom is -0.354 e. The maximum Gasteiger partial charge on any atom is 0.236 e. The summed E-state index contributed by atoms with van der Waals surface area (Å²) in [5, 5.41) is 0.660. The number of amides is 1. The molecule has 0 radical (unpaired) electrons. The summed E-state index contributed by atoms with van der Waals surface area (Å²) in [6.45, 7) is 6.42. The van der Waals surface area contributed by atoms with Gasteiger partial charge in [-0.05, 0) is 43.7 Å². The van der Waals surface area contributed by atoms with Crippen LogP contribution in [0.4, 0.5) is 5.82 Å². The Balaban J connectivity index is 1.45. The van der Waals surface area contributed by atoms with Gasteiger partial charge in [0.2, 0.25) is 5.91 Å². The molecule has 1 aliphatic heterocycles. The summed E-state index contributed by atoms with van der Waals surface area (Å²) in [4.78, 5) is 23.5. The predicted molar refractivity (Wildman–Crippen MR) is 102 cm³/mol. The quantitative estimate of drug-likeness (QED) is 0.823. The molecule has 0 unspecified atom stereocenters. The van der Waals surface area contributed by atoms with Gasteiger partial charge in [-0.2, -0.15) is 0 Å². The molecule has 0 N–H and O–H groups in total. The Bertz CT molecular complexity index is 563. The molecule has 1 saturated carbocycles. The number of piperazine rings is 1. The summed E-state index contributed by atoms with van der Waals surface area (Å²) < 4.78 is 0. The van der Waals surface area contributed by atoms with E-state index in [-0.39, 0.29) is 5.91 Å². The van der Waals surface area contributed by atoms with Crippen LogP contribution in [0.1, 0.15) is 32.6 Å². The van der Waals surface area contributed by atoms with Crippen molar-refractivity contribution in [3.8, 4) is 0 Å². The van der Waals surface area contributed by atoms with Crippen molar-refractivity contribution in [1.82, 2.24) is 14.8 Å². The van der Waals surface area contributed by atoms with Crippen molar-refractivity contribution in [3.05, 3.63) is 23.4 Å². The molecular formula is C19H29ClN4O. The van der Waals surface area contributed by atoms with Crippen LogP contribution in [-0.2, 0) is 4.79 Å². The van der Waals surface area contributed by atoms with Crippen LogP contribution in [-0.4, -0.2) is 66.5 Å². The number of hydrogen-bond acceptors (Lipinski definition) is 4. The first-order valence-electron chi connectivity index (χ1n) is 9.37. The monoisotopic (exact) mass is 364 g/mol. The molecule has 1 amide bonds. The first-order valence-corrected chi connectivity index (χ1v) is 9.75. The number of likely N-dealkylation sites (N-methyl/N-ethyl adjacent to an activating group) is 1. The van der Waals surface area contributed by atoms with E-state index >= 15 is 0 Å². The van der Waals surface area contributed by atoms with Crippen molar-refractivity contribution in [1.29, 1.82) is 0 Å². The molecule has 1 aromatic heterocycles. The van der Waals surface area contributed by atoms with Crippen molar-refractivity contribution >= 4 is 23.3 Å². The standard InChI is InChI=1S/C19H29ClN4O/c1-15-3-6-17(7-4-15)22(2)19(25)14-23-9-11-24(12-10-23)18-8-5-16(20)13-21-18/h5,8,13,15,17H,3-4,6-7,9-12,14H2,1-2H3. The molecule has 0 aromatic carbocycles. The van der Waals surface area contributed by atoms with Gasteiger partial charge >= 0.3 is 0 Å². The Morgan fingerprint density at radius 1 is 1.20 bits per heavy atom. The summed E-state index contributed by atoms with van der Waals surface area (Å²) in [7, 11) is 1.98. The van der Waals surface area contributed by atoms with Crippen LogP contribution in [0.3, 0.4) is 0 Å². The first-order chi connectivity index (χ1) is 12.0. The molecule has 25 heavy (non-hydrogen) atoms. The van der Waals surface area contributed by atoms with Crippen LogP contribution < -0.4 is 4.90 Å². The second-order valence-corrected chi connectivity index (χ2v) is 7.95. The normalized spacial score (nSPS) is 25.0. The molecule has 0 atom stereocenters. The fourth-order valence-electron chi connectivity index (χ4n) is 3.83. The minimum atomic E-state index is 0.262. The minimum absolute atomic E-state index is 0.262. The van der Waals surface area contributed by atoms with Gasteiger partial charge in [0.15, 0.2) is 0 Å². The Labute approximate surface area is 155 Å². The molecular weight excluding hydrogens is 336 g/mol. The summed E-state index contributed by atoms with van der Waals surface area (Å²) in [6.07, 6.45) is 6.48. The summed E-state index contributed by atoms with van der Waals surface area (Å²) >= 11 is 5.90. The Morgan fingerprint density at radius 2 is 1.88 bits per heavy atom. The highest BCUT2D eigenvalue weighted by molar-refractivity contribution is 6.30. The van der Waals surface area contributed by atoms with E-state index in [2.05, 4.69) is 21.7 Å². The number of halogens is 1. The fraction of sp³-hybridized carbons (Fsp3) is 0.684. The van der Waals surface area contributed by atoms with E-state index in [4.69, 9.17) is 11.6 Å². The summed E-state index contributed by atoms with van der Waals surface area (Å²) in [5.41, 5.74) is 0. The number of nitrogens with zero attached hydrogens (tertiary/aromatic N) is 4. The van der Waals surface area contributed by atoms with E-state index in [0.29, 0.717) is 17.6 Å². The lowest BCUT2D eigenvalue weighted by Crippen LogP contribution is -2.51. The largest absolute Gasteiger partial charge is 0.354 e. The number of anilines is 1. The highest BCUT2D eigenvalue weighted by atomic mass is 35.5. The number of carbonyl (C=O) groups excluding carboxylic acids is 1. The Morgan fingerprint density at radius 3 is 2.48 bits per heavy atom. The maximum atomic E-state index is 12.6. The van der Waals surface area contributed by atoms with Crippen LogP contribution in [0.15, 0.2) is 18.3 Å². The molecule has 5 nitrogen and oxygen atoms in total. The van der Waals surface area contributed by atoms with Gasteiger partial charge in [0.1, 0.15) is 5.82 Å². The van der Waals surface area contributed by atoms with Crippen LogP contribution in [0.2, 0.25) is 5.02 Å². The van der Waals surface area contributed by atoms with Crippen LogP contribution in [0.25, 0.3) is 0 Å². The molecule has 3 rings (SSSR count). The van der Waals surface area contributed by atoms with Gasteiger partial charge in [-0.25, -0.2) is 4.98 Å². The second kappa shape index (κ2) is 8.37. The number of aromatic nitrogens is 1. The van der Waals surface area contributed by atoms with E-state index in [1.165, 1.54) is 12.8 Å². The van der Waals surface area contributed by atoms with E-state index in [9.17, 15) is 4.79 Å². The molecule has 6 heteroatoms. The van der Waals surface area contributed by atoms with Gasteiger partial charge in [-0.15, -0.1) is 0 Å². The second-order valence-electron chi connectivity index (χ2n) is 7.52. The SMILES string of the molecule is CC1CCC(N(C)C(=O)CN2CCN(c3ccc(Cl)cn3)CC2)CC1. The van der Waals surface area contributed by atoms with Crippen molar-refractivity contribution < 1.29 is 4.79 Å². The van der Waals surface area contributed by atoms with E-state index < -0.39 is 0 Å². The van der Waals surface area contributed by atoms with Gasteiger partial charge in [0.25, 0.3) is 0 Å². The van der Waals surface area contributed by atoms with Crippen molar-refractivity contribution in [3.63, 3.8) is 0 Å². The van der Waals surface area contributed by atoms with Crippen molar-refractivity contribution in [2.24, 2.45) is 5.92 Å². The predicted octanol–water partition coefficient (Wildman–Crippen LogP) is 2.89. The molecule has 2 fully saturated rings. The summed E-state index contributed by atoms with van der Waals surface area (Å²) in [6, 6.07) is 4.27. The first kappa shape index (κ1) is 18.5. The smallest absolute Gasteiger partial charge is 0.236 e. The lowest BCUT2D eigenvalue weighted by Gasteiger charge is -2.37. The van der Waals surface area contributed by atoms with Crippen LogP contribution in [0.5, 0.6) is 0 Å². The van der Waals surface area contributed by atoms with Crippen molar-refractivity contribution in [2.75, 3.05) is 44.7 Å². The number of rotatable bonds is 4. The molecule has 1 aromatic rings. The molecule has 0 bridgehead atoms. The van der Waals surface area contributed by atoms with Crippen LogP contribution in [0, 0.1) is 5.92 Å². The topological polar surface area (TPSA) is 39.7 Å². The van der Waals surface area contributed by atoms with Gasteiger partial charge < -0.3 is 9.80 Å². The average molecular weight is 365 g/mol. The number of pyridine rings is 1. The Hall–Kier alpha value is -1.33. The third-order valence-electron chi connectivity index (χ3n) is 5.69. The molecule has 1 saturated heterocycles. The van der Waals surface area contributed by atoms with E-state index in [1.807, 2.05) is 24.1 Å². The zero-order chi connectivity index (χ0) is 17.8. The van der Waals surface area contributed by atoms with E-state index in [1.54, 1.807) is 6.20 Å². The molecule has 0 spiro atoms. The zero-order valence-corrected chi connectivity index (χ0v) is 16.1. The molecule has 2 aliphatic rings. The highest BCUT2D eigenvalue weighted by Gasteiger charge is 2.27. The number of carbonyl (C=O) groups is 1. The highest BCUT2D eigenvalue weighted by Crippen LogP contribution is 2.26. The molecule has 1 aliphatic carbocycles. The van der Waals surface area contributed by atoms with Crippen LogP contribution >= 0.6 is 11.6 Å². The van der Waals surface area contributed by atoms with Gasteiger partial charge in [-0.1, -0.05) is 18.5 Å². The third kappa shape index (κ3) is 4.85. The third-order valence-corrected chi connectivity index (χ3v) is 5.92. The zero-order valence-electron chi connectivity index (χ0n) is 15.3. The molecule has 2 heterocycles. The molecule has 138 valence electrons. The Kier molecular flexibility index (Phi) is 6.18. The van der Waals surface area contributed by atoms with E-state index in [0.717, 1.165) is 50.8 Å². The van der Waals surface area contributed by atoms with Gasteiger partial charge in [0.05, 0.1) is 11.6 Å². The van der Waals surface area contributed by atoms with Crippen molar-refractivity contribution in [2.45, 2.75) is 38.6 Å². The average Bonchev–Trinajstić information content (AvgIpc) is 2.63. The maximum absolute atomic E-state index is 12.6. The lowest BCUT2D eigenvalue weighted by atomic mass is 9.87. The summed E-state index contributed by atoms with van der Waals surface area (Å²) in [5.74, 6) is 2.04. The lowest BCUT2D eigenvalue weighted by molar-refractivity contribution is -0.134. The van der Waals surface area contributed by atoms with Gasteiger partial charge in [0, 0.05) is 45.5 Å².